The molecule has 27 heavy (non-hydrogen) atoms. The zero-order chi connectivity index (χ0) is 18.2. The second kappa shape index (κ2) is 7.01. The van der Waals surface area contributed by atoms with Crippen LogP contribution in [0.1, 0.15) is 59.3 Å². The summed E-state index contributed by atoms with van der Waals surface area (Å²) >= 11 is 0. The second-order valence-corrected chi connectivity index (χ2v) is 8.07. The van der Waals surface area contributed by atoms with E-state index in [4.69, 9.17) is 0 Å². The predicted octanol–water partition coefficient (Wildman–Crippen LogP) is 4.13. The van der Waals surface area contributed by atoms with E-state index in [2.05, 4.69) is 53.1 Å². The van der Waals surface area contributed by atoms with Crippen molar-refractivity contribution in [1.82, 2.24) is 10.2 Å². The molecule has 0 bridgehead atoms. The molecular formula is C23H27N3O. The van der Waals surface area contributed by atoms with Crippen LogP contribution in [0.25, 0.3) is 0 Å². The van der Waals surface area contributed by atoms with E-state index in [-0.39, 0.29) is 5.91 Å². The highest BCUT2D eigenvalue weighted by molar-refractivity contribution is 5.95. The molecule has 1 amide bonds. The number of likely N-dealkylation sites (tertiary alicyclic amines) is 1. The number of hydrogen-bond donors (Lipinski definition) is 2. The molecule has 2 N–H and O–H groups in total. The van der Waals surface area contributed by atoms with Crippen molar-refractivity contribution in [2.75, 3.05) is 25.0 Å². The summed E-state index contributed by atoms with van der Waals surface area (Å²) < 4.78 is 0. The van der Waals surface area contributed by atoms with Gasteiger partial charge in [0.1, 0.15) is 0 Å². The van der Waals surface area contributed by atoms with Gasteiger partial charge >= 0.3 is 0 Å². The standard InChI is InChI=1S/C23H27N3O/c27-23(26-13-5-2-6-14-26)17-9-10-20-19(15-17)22-18(11-12-24-22)21(25-20)16-7-3-1-4-8-16/h1,3-4,7-10,15,18,21-22,24-25H,2,5-6,11-14H2. The molecule has 5 rings (SSSR count). The van der Waals surface area contributed by atoms with Gasteiger partial charge in [0.25, 0.3) is 5.91 Å². The highest BCUT2D eigenvalue weighted by Crippen LogP contribution is 2.47. The Morgan fingerprint density at radius 2 is 1.78 bits per heavy atom. The molecule has 0 aromatic heterocycles. The van der Waals surface area contributed by atoms with Crippen LogP contribution in [-0.2, 0) is 0 Å². The predicted molar refractivity (Wildman–Crippen MR) is 108 cm³/mol. The number of rotatable bonds is 2. The smallest absolute Gasteiger partial charge is 0.253 e. The molecule has 2 aromatic carbocycles. The molecule has 3 unspecified atom stereocenters. The van der Waals surface area contributed by atoms with Gasteiger partial charge in [-0.25, -0.2) is 0 Å². The molecule has 3 aliphatic rings. The van der Waals surface area contributed by atoms with E-state index in [0.717, 1.165) is 50.1 Å². The van der Waals surface area contributed by atoms with Crippen molar-refractivity contribution < 1.29 is 4.79 Å². The number of hydrogen-bond acceptors (Lipinski definition) is 3. The number of amides is 1. The van der Waals surface area contributed by atoms with Crippen LogP contribution in [0.3, 0.4) is 0 Å². The molecule has 3 atom stereocenters. The highest BCUT2D eigenvalue weighted by Gasteiger charge is 2.40. The third-order valence-electron chi connectivity index (χ3n) is 6.44. The minimum Gasteiger partial charge on any atom is -0.378 e. The Bertz CT molecular complexity index is 829. The van der Waals surface area contributed by atoms with Crippen molar-refractivity contribution in [3.8, 4) is 0 Å². The summed E-state index contributed by atoms with van der Waals surface area (Å²) in [4.78, 5) is 15.0. The number of piperidine rings is 1. The van der Waals surface area contributed by atoms with Crippen LogP contribution < -0.4 is 10.6 Å². The van der Waals surface area contributed by atoms with E-state index in [9.17, 15) is 4.79 Å². The molecule has 140 valence electrons. The molecule has 0 aliphatic carbocycles. The molecule has 3 aliphatic heterocycles. The zero-order valence-corrected chi connectivity index (χ0v) is 15.7. The van der Waals surface area contributed by atoms with Crippen molar-refractivity contribution in [2.24, 2.45) is 5.92 Å². The van der Waals surface area contributed by atoms with E-state index >= 15 is 0 Å². The van der Waals surface area contributed by atoms with Gasteiger partial charge in [0.2, 0.25) is 0 Å². The van der Waals surface area contributed by atoms with Gasteiger partial charge in [0.05, 0.1) is 6.04 Å². The lowest BCUT2D eigenvalue weighted by molar-refractivity contribution is 0.0724. The zero-order valence-electron chi connectivity index (χ0n) is 15.7. The number of nitrogens with one attached hydrogen (secondary N) is 2. The fourth-order valence-corrected chi connectivity index (χ4v) is 5.05. The van der Waals surface area contributed by atoms with Crippen molar-refractivity contribution in [3.63, 3.8) is 0 Å². The van der Waals surface area contributed by atoms with Gasteiger partial charge in [-0.1, -0.05) is 30.3 Å². The maximum Gasteiger partial charge on any atom is 0.253 e. The van der Waals surface area contributed by atoms with Crippen LogP contribution in [0.4, 0.5) is 5.69 Å². The Hall–Kier alpha value is -2.33. The van der Waals surface area contributed by atoms with Crippen LogP contribution in [0.2, 0.25) is 0 Å². The first-order valence-electron chi connectivity index (χ1n) is 10.3. The summed E-state index contributed by atoms with van der Waals surface area (Å²) in [5.41, 5.74) is 4.60. The van der Waals surface area contributed by atoms with Gasteiger partial charge in [-0.15, -0.1) is 0 Å². The Balaban J connectivity index is 1.47. The summed E-state index contributed by atoms with van der Waals surface area (Å²) in [6, 6.07) is 17.6. The Kier molecular flexibility index (Phi) is 4.36. The number of nitrogens with zero attached hydrogens (tertiary/aromatic N) is 1. The van der Waals surface area contributed by atoms with Crippen LogP contribution in [0.15, 0.2) is 48.5 Å². The van der Waals surface area contributed by atoms with E-state index in [0.29, 0.717) is 18.0 Å². The molecule has 0 radical (unpaired) electrons. The fraction of sp³-hybridized carbons (Fsp3) is 0.435. The van der Waals surface area contributed by atoms with Gasteiger partial charge in [-0.05, 0) is 61.6 Å². The van der Waals surface area contributed by atoms with Gasteiger partial charge in [-0.3, -0.25) is 4.79 Å². The third-order valence-corrected chi connectivity index (χ3v) is 6.44. The van der Waals surface area contributed by atoms with Gasteiger partial charge in [-0.2, -0.15) is 0 Å². The lowest BCUT2D eigenvalue weighted by atomic mass is 9.80. The maximum absolute atomic E-state index is 12.9. The monoisotopic (exact) mass is 361 g/mol. The average Bonchev–Trinajstić information content (AvgIpc) is 3.24. The topological polar surface area (TPSA) is 44.4 Å². The first kappa shape index (κ1) is 16.8. The molecule has 2 fully saturated rings. The summed E-state index contributed by atoms with van der Waals surface area (Å²) in [5, 5.41) is 7.46. The normalized spacial score (nSPS) is 26.8. The third kappa shape index (κ3) is 3.02. The fourth-order valence-electron chi connectivity index (χ4n) is 5.05. The molecule has 4 heteroatoms. The molecular weight excluding hydrogens is 334 g/mol. The van der Waals surface area contributed by atoms with Crippen LogP contribution in [-0.4, -0.2) is 30.4 Å². The van der Waals surface area contributed by atoms with Crippen molar-refractivity contribution >= 4 is 11.6 Å². The molecule has 4 nitrogen and oxygen atoms in total. The largest absolute Gasteiger partial charge is 0.378 e. The van der Waals surface area contributed by atoms with Gasteiger partial charge in [0, 0.05) is 36.3 Å². The van der Waals surface area contributed by atoms with Crippen LogP contribution in [0.5, 0.6) is 0 Å². The Morgan fingerprint density at radius 3 is 2.59 bits per heavy atom. The Labute approximate surface area is 161 Å². The summed E-state index contributed by atoms with van der Waals surface area (Å²) in [6.45, 7) is 2.83. The minimum atomic E-state index is 0.192. The lowest BCUT2D eigenvalue weighted by Crippen LogP contribution is -2.36. The first-order valence-corrected chi connectivity index (χ1v) is 10.3. The van der Waals surface area contributed by atoms with E-state index in [1.807, 2.05) is 11.0 Å². The summed E-state index contributed by atoms with van der Waals surface area (Å²) in [5.74, 6) is 0.706. The lowest BCUT2D eigenvalue weighted by Gasteiger charge is -2.37. The van der Waals surface area contributed by atoms with E-state index < -0.39 is 0 Å². The quantitative estimate of drug-likeness (QED) is 0.845. The number of carbonyl (C=O) groups excluding carboxylic acids is 1. The van der Waals surface area contributed by atoms with Crippen LogP contribution >= 0.6 is 0 Å². The highest BCUT2D eigenvalue weighted by atomic mass is 16.2. The SMILES string of the molecule is O=C(c1ccc2c(c1)C1NCCC1C(c1ccccc1)N2)N1CCCCC1. The number of fused-ring (bicyclic) bond motifs is 3. The first-order chi connectivity index (χ1) is 13.3. The summed E-state index contributed by atoms with van der Waals surface area (Å²) in [7, 11) is 0. The van der Waals surface area contributed by atoms with Crippen molar-refractivity contribution in [1.29, 1.82) is 0 Å². The van der Waals surface area contributed by atoms with Gasteiger partial charge in [0.15, 0.2) is 0 Å². The number of carbonyl (C=O) groups is 1. The summed E-state index contributed by atoms with van der Waals surface area (Å²) in [6.07, 6.45) is 4.65. The second-order valence-electron chi connectivity index (χ2n) is 8.07. The van der Waals surface area contributed by atoms with Crippen molar-refractivity contribution in [2.45, 2.75) is 37.8 Å². The molecule has 2 aromatic rings. The number of anilines is 1. The van der Waals surface area contributed by atoms with Crippen LogP contribution in [0, 0.1) is 5.92 Å². The number of benzene rings is 2. The van der Waals surface area contributed by atoms with E-state index in [1.165, 1.54) is 17.5 Å². The molecule has 2 saturated heterocycles. The van der Waals surface area contributed by atoms with Gasteiger partial charge < -0.3 is 15.5 Å². The Morgan fingerprint density at radius 1 is 0.963 bits per heavy atom. The van der Waals surface area contributed by atoms with E-state index in [1.54, 1.807) is 0 Å². The molecule has 0 saturated carbocycles. The minimum absolute atomic E-state index is 0.192. The molecule has 0 spiro atoms. The maximum atomic E-state index is 12.9. The van der Waals surface area contributed by atoms with Crippen molar-refractivity contribution in [3.05, 3.63) is 65.2 Å². The average molecular weight is 361 g/mol. The molecule has 3 heterocycles.